The van der Waals surface area contributed by atoms with E-state index in [1.807, 2.05) is 19.1 Å². The van der Waals surface area contributed by atoms with Gasteiger partial charge in [-0.1, -0.05) is 53.1 Å². The van der Waals surface area contributed by atoms with Gasteiger partial charge in [-0.05, 0) is 43.7 Å². The van der Waals surface area contributed by atoms with Gasteiger partial charge in [0.25, 0.3) is 5.91 Å². The Kier molecular flexibility index (Phi) is 7.10. The number of carbonyl (C=O) groups excluding carboxylic acids is 1. The third-order valence-corrected chi connectivity index (χ3v) is 7.16. The molecule has 0 aliphatic carbocycles. The molecule has 2 aromatic carbocycles. The van der Waals surface area contributed by atoms with Gasteiger partial charge in [0.2, 0.25) is 5.13 Å². The monoisotopic (exact) mass is 509 g/mol. The number of benzene rings is 2. The van der Waals surface area contributed by atoms with Gasteiger partial charge in [0.15, 0.2) is 0 Å². The van der Waals surface area contributed by atoms with E-state index >= 15 is 0 Å². The Labute approximate surface area is 205 Å². The SMILES string of the molecule is CC/C(C)=N\Nc1nc2c(N3CCN(C(=O)c4ccc(Cl)cc4Cl)CC3)c(Cl)ccc2s1. The van der Waals surface area contributed by atoms with E-state index in [0.29, 0.717) is 46.8 Å². The summed E-state index contributed by atoms with van der Waals surface area (Å²) < 4.78 is 1.03. The van der Waals surface area contributed by atoms with Crippen LogP contribution in [-0.2, 0) is 0 Å². The van der Waals surface area contributed by atoms with Gasteiger partial charge in [0.1, 0.15) is 5.52 Å². The van der Waals surface area contributed by atoms with E-state index in [-0.39, 0.29) is 5.91 Å². The number of halogens is 3. The lowest BCUT2D eigenvalue weighted by Crippen LogP contribution is -2.49. The molecule has 1 saturated heterocycles. The molecule has 1 amide bonds. The van der Waals surface area contributed by atoms with Crippen LogP contribution in [0.25, 0.3) is 10.2 Å². The summed E-state index contributed by atoms with van der Waals surface area (Å²) in [5.41, 5.74) is 6.24. The number of fused-ring (bicyclic) bond motifs is 1. The zero-order valence-corrected chi connectivity index (χ0v) is 20.7. The summed E-state index contributed by atoms with van der Waals surface area (Å²) in [7, 11) is 0. The normalized spacial score (nSPS) is 14.8. The number of hydrogen-bond donors (Lipinski definition) is 1. The molecule has 1 N–H and O–H groups in total. The van der Waals surface area contributed by atoms with Crippen molar-refractivity contribution in [3.8, 4) is 0 Å². The summed E-state index contributed by atoms with van der Waals surface area (Å²) in [4.78, 5) is 21.7. The van der Waals surface area contributed by atoms with Crippen molar-refractivity contribution < 1.29 is 4.79 Å². The minimum atomic E-state index is -0.0973. The third kappa shape index (κ3) is 4.81. The van der Waals surface area contributed by atoms with Gasteiger partial charge < -0.3 is 9.80 Å². The van der Waals surface area contributed by atoms with Crippen LogP contribution in [0.3, 0.4) is 0 Å². The van der Waals surface area contributed by atoms with Gasteiger partial charge in [0, 0.05) is 36.9 Å². The van der Waals surface area contributed by atoms with E-state index in [0.717, 1.165) is 33.2 Å². The van der Waals surface area contributed by atoms with Gasteiger partial charge >= 0.3 is 0 Å². The Morgan fingerprint density at radius 2 is 1.88 bits per heavy atom. The molecule has 10 heteroatoms. The number of carbonyl (C=O) groups is 1. The standard InChI is InChI=1S/C22H22Cl3N5OS/c1-3-13(2)27-28-22-26-19-18(32-22)7-6-16(24)20(19)29-8-10-30(11-9-29)21(31)15-5-4-14(23)12-17(15)25/h4-7,12H,3,8-11H2,1-2H3,(H,26,28)/b27-13-. The van der Waals surface area contributed by atoms with E-state index in [4.69, 9.17) is 39.8 Å². The average molecular weight is 511 g/mol. The number of aromatic nitrogens is 1. The summed E-state index contributed by atoms with van der Waals surface area (Å²) in [5.74, 6) is -0.0973. The lowest BCUT2D eigenvalue weighted by molar-refractivity contribution is 0.0747. The minimum absolute atomic E-state index is 0.0973. The number of thiazole rings is 1. The van der Waals surface area contributed by atoms with Crippen LogP contribution < -0.4 is 10.3 Å². The zero-order chi connectivity index (χ0) is 22.8. The van der Waals surface area contributed by atoms with E-state index in [1.165, 1.54) is 11.3 Å². The van der Waals surface area contributed by atoms with Crippen molar-refractivity contribution in [3.05, 3.63) is 51.0 Å². The fourth-order valence-corrected chi connectivity index (χ4v) is 5.07. The highest BCUT2D eigenvalue weighted by Gasteiger charge is 2.26. The Morgan fingerprint density at radius 3 is 2.56 bits per heavy atom. The second kappa shape index (κ2) is 9.83. The number of piperazine rings is 1. The van der Waals surface area contributed by atoms with Crippen molar-refractivity contribution in [2.45, 2.75) is 20.3 Å². The van der Waals surface area contributed by atoms with E-state index in [2.05, 4.69) is 22.4 Å². The third-order valence-electron chi connectivity index (χ3n) is 5.38. The molecular formula is C22H22Cl3N5OS. The van der Waals surface area contributed by atoms with E-state index in [1.54, 1.807) is 23.1 Å². The fourth-order valence-electron chi connectivity index (χ4n) is 3.49. The molecule has 1 aliphatic rings. The molecule has 2 heterocycles. The first kappa shape index (κ1) is 23.1. The van der Waals surface area contributed by atoms with Crippen LogP contribution >= 0.6 is 46.1 Å². The van der Waals surface area contributed by atoms with Crippen LogP contribution in [0.1, 0.15) is 30.6 Å². The number of anilines is 2. The Hall–Kier alpha value is -2.06. The molecule has 32 heavy (non-hydrogen) atoms. The number of hydrazone groups is 1. The number of nitrogens with one attached hydrogen (secondary N) is 1. The summed E-state index contributed by atoms with van der Waals surface area (Å²) in [6.45, 7) is 6.43. The predicted octanol–water partition coefficient (Wildman–Crippen LogP) is 6.42. The van der Waals surface area contributed by atoms with Gasteiger partial charge in [0.05, 0.1) is 26.0 Å². The molecule has 1 aromatic heterocycles. The molecule has 0 atom stereocenters. The quantitative estimate of drug-likeness (QED) is 0.318. The molecule has 3 aromatic rings. The molecule has 168 valence electrons. The van der Waals surface area contributed by atoms with Crippen LogP contribution in [0.2, 0.25) is 15.1 Å². The Bertz CT molecular complexity index is 1190. The predicted molar refractivity (Wildman–Crippen MR) is 136 cm³/mol. The summed E-state index contributed by atoms with van der Waals surface area (Å²) >= 11 is 20.3. The smallest absolute Gasteiger partial charge is 0.255 e. The molecule has 1 fully saturated rings. The van der Waals surface area contributed by atoms with Gasteiger partial charge in [-0.15, -0.1) is 0 Å². The van der Waals surface area contributed by atoms with E-state index < -0.39 is 0 Å². The van der Waals surface area contributed by atoms with Crippen LogP contribution in [0.5, 0.6) is 0 Å². The van der Waals surface area contributed by atoms with E-state index in [9.17, 15) is 4.79 Å². The first-order valence-electron chi connectivity index (χ1n) is 10.2. The number of hydrogen-bond acceptors (Lipinski definition) is 6. The maximum Gasteiger partial charge on any atom is 0.255 e. The maximum absolute atomic E-state index is 12.9. The second-order valence-corrected chi connectivity index (χ2v) is 9.76. The highest BCUT2D eigenvalue weighted by molar-refractivity contribution is 7.22. The average Bonchev–Trinajstić information content (AvgIpc) is 3.20. The number of nitrogens with zero attached hydrogens (tertiary/aromatic N) is 4. The molecular weight excluding hydrogens is 489 g/mol. The lowest BCUT2D eigenvalue weighted by Gasteiger charge is -2.36. The van der Waals surface area contributed by atoms with Gasteiger partial charge in [-0.25, -0.2) is 4.98 Å². The van der Waals surface area contributed by atoms with Gasteiger partial charge in [-0.2, -0.15) is 5.10 Å². The van der Waals surface area contributed by atoms with Crippen molar-refractivity contribution in [1.29, 1.82) is 0 Å². The van der Waals surface area contributed by atoms with Crippen molar-refractivity contribution >= 4 is 78.8 Å². The number of amides is 1. The number of rotatable bonds is 5. The molecule has 4 rings (SSSR count). The van der Waals surface area contributed by atoms with Crippen LogP contribution in [-0.4, -0.2) is 47.7 Å². The van der Waals surface area contributed by atoms with Crippen LogP contribution in [0.4, 0.5) is 10.8 Å². The van der Waals surface area contributed by atoms with Gasteiger partial charge in [-0.3, -0.25) is 10.2 Å². The minimum Gasteiger partial charge on any atom is -0.365 e. The summed E-state index contributed by atoms with van der Waals surface area (Å²) in [6.07, 6.45) is 0.874. The molecule has 6 nitrogen and oxygen atoms in total. The zero-order valence-electron chi connectivity index (χ0n) is 17.7. The molecule has 0 bridgehead atoms. The molecule has 1 aliphatic heterocycles. The molecule has 0 spiro atoms. The Balaban J connectivity index is 1.52. The van der Waals surface area contributed by atoms with Crippen molar-refractivity contribution in [2.24, 2.45) is 5.10 Å². The summed E-state index contributed by atoms with van der Waals surface area (Å²) in [5, 5.41) is 6.58. The summed E-state index contributed by atoms with van der Waals surface area (Å²) in [6, 6.07) is 8.81. The second-order valence-electron chi connectivity index (χ2n) is 7.48. The highest BCUT2D eigenvalue weighted by atomic mass is 35.5. The molecule has 0 saturated carbocycles. The van der Waals surface area contributed by atoms with Crippen LogP contribution in [0, 0.1) is 0 Å². The van der Waals surface area contributed by atoms with Crippen molar-refractivity contribution in [3.63, 3.8) is 0 Å². The Morgan fingerprint density at radius 1 is 1.12 bits per heavy atom. The highest BCUT2D eigenvalue weighted by Crippen LogP contribution is 2.38. The van der Waals surface area contributed by atoms with Crippen LogP contribution in [0.15, 0.2) is 35.4 Å². The molecule has 0 unspecified atom stereocenters. The molecule has 0 radical (unpaired) electrons. The first-order valence-corrected chi connectivity index (χ1v) is 12.2. The maximum atomic E-state index is 12.9. The van der Waals surface area contributed by atoms with Crippen molar-refractivity contribution in [2.75, 3.05) is 36.5 Å². The topological polar surface area (TPSA) is 60.8 Å². The fraction of sp³-hybridized carbons (Fsp3) is 0.318. The van der Waals surface area contributed by atoms with Crippen molar-refractivity contribution in [1.82, 2.24) is 9.88 Å². The largest absolute Gasteiger partial charge is 0.365 e. The first-order chi connectivity index (χ1) is 15.4. The lowest BCUT2D eigenvalue weighted by atomic mass is 10.1.